The normalized spacial score (nSPS) is 16.0. The van der Waals surface area contributed by atoms with Gasteiger partial charge in [0.2, 0.25) is 10.0 Å². The number of carbonyl (C=O) groups is 1. The largest absolute Gasteiger partial charge is 0.399 e. The van der Waals surface area contributed by atoms with E-state index in [1.807, 2.05) is 26.8 Å². The highest BCUT2D eigenvalue weighted by atomic mass is 32.2. The number of sulfonamides is 1. The average molecular weight is 394 g/mol. The molecule has 8 heteroatoms. The van der Waals surface area contributed by atoms with Crippen LogP contribution in [0.25, 0.3) is 0 Å². The number of nitrogen functional groups attached to an aromatic ring is 1. The van der Waals surface area contributed by atoms with Gasteiger partial charge < -0.3 is 10.6 Å². The van der Waals surface area contributed by atoms with Crippen molar-refractivity contribution in [3.63, 3.8) is 0 Å². The number of thiophene rings is 1. The van der Waals surface area contributed by atoms with Crippen LogP contribution in [0, 0.1) is 20.8 Å². The molecule has 140 valence electrons. The minimum atomic E-state index is -3.51. The summed E-state index contributed by atoms with van der Waals surface area (Å²) in [4.78, 5) is 16.6. The summed E-state index contributed by atoms with van der Waals surface area (Å²) in [7, 11) is -3.51. The van der Waals surface area contributed by atoms with Crippen molar-refractivity contribution in [3.05, 3.63) is 45.1 Å². The van der Waals surface area contributed by atoms with Gasteiger partial charge >= 0.3 is 0 Å². The number of amides is 1. The van der Waals surface area contributed by atoms with E-state index in [0.717, 1.165) is 15.3 Å². The van der Waals surface area contributed by atoms with Crippen molar-refractivity contribution in [2.75, 3.05) is 31.9 Å². The van der Waals surface area contributed by atoms with Gasteiger partial charge in [-0.1, -0.05) is 6.07 Å². The van der Waals surface area contributed by atoms with E-state index in [0.29, 0.717) is 42.3 Å². The lowest BCUT2D eigenvalue weighted by molar-refractivity contribution is 0.0697. The first-order chi connectivity index (χ1) is 12.2. The molecule has 1 aromatic heterocycles. The Morgan fingerprint density at radius 1 is 1.08 bits per heavy atom. The van der Waals surface area contributed by atoms with E-state index < -0.39 is 10.0 Å². The quantitative estimate of drug-likeness (QED) is 0.812. The van der Waals surface area contributed by atoms with Crippen molar-refractivity contribution >= 4 is 33.0 Å². The lowest BCUT2D eigenvalue weighted by Gasteiger charge is -2.34. The number of piperazine rings is 1. The van der Waals surface area contributed by atoms with Crippen LogP contribution in [-0.4, -0.2) is 49.7 Å². The second-order valence-electron chi connectivity index (χ2n) is 6.55. The Bertz CT molecular complexity index is 943. The van der Waals surface area contributed by atoms with Crippen LogP contribution >= 0.6 is 11.3 Å². The molecule has 0 spiro atoms. The Labute approximate surface area is 158 Å². The first kappa shape index (κ1) is 18.9. The van der Waals surface area contributed by atoms with Crippen molar-refractivity contribution in [1.82, 2.24) is 9.21 Å². The second-order valence-corrected chi connectivity index (χ2v) is 9.91. The maximum Gasteiger partial charge on any atom is 0.254 e. The molecule has 0 atom stereocenters. The maximum absolute atomic E-state index is 12.9. The third-order valence-corrected chi connectivity index (χ3v) is 7.75. The lowest BCUT2D eigenvalue weighted by Crippen LogP contribution is -2.50. The summed E-state index contributed by atoms with van der Waals surface area (Å²) in [5.41, 5.74) is 7.78. The number of nitrogens with zero attached hydrogens (tertiary/aromatic N) is 2. The zero-order chi connectivity index (χ0) is 19.1. The number of aryl methyl sites for hydroxylation is 3. The molecular weight excluding hydrogens is 370 g/mol. The predicted octanol–water partition coefficient (Wildman–Crippen LogP) is 2.40. The van der Waals surface area contributed by atoms with Crippen molar-refractivity contribution in [3.8, 4) is 0 Å². The van der Waals surface area contributed by atoms with E-state index in [9.17, 15) is 13.2 Å². The molecule has 2 aromatic rings. The van der Waals surface area contributed by atoms with E-state index in [1.54, 1.807) is 23.1 Å². The molecule has 1 aliphatic heterocycles. The number of carbonyl (C=O) groups excluding carboxylic acids is 1. The third kappa shape index (κ3) is 3.49. The molecule has 0 radical (unpaired) electrons. The fourth-order valence-electron chi connectivity index (χ4n) is 3.17. The van der Waals surface area contributed by atoms with Crippen LogP contribution in [0.5, 0.6) is 0 Å². The van der Waals surface area contributed by atoms with Gasteiger partial charge in [-0.2, -0.15) is 4.31 Å². The SMILES string of the molecule is Cc1cc(S(=O)(=O)N2CCN(C(=O)c3cc(N)ccc3C)CC2)c(C)s1. The summed E-state index contributed by atoms with van der Waals surface area (Å²) in [5.74, 6) is -0.102. The Hall–Kier alpha value is -1.90. The van der Waals surface area contributed by atoms with Gasteiger partial charge in [0.1, 0.15) is 0 Å². The number of nitrogens with two attached hydrogens (primary N) is 1. The predicted molar refractivity (Wildman–Crippen MR) is 104 cm³/mol. The monoisotopic (exact) mass is 393 g/mol. The van der Waals surface area contributed by atoms with E-state index in [1.165, 1.54) is 15.6 Å². The van der Waals surface area contributed by atoms with Crippen LogP contribution in [0.3, 0.4) is 0 Å². The van der Waals surface area contributed by atoms with Gasteiger partial charge in [0, 0.05) is 47.2 Å². The van der Waals surface area contributed by atoms with Gasteiger partial charge in [0.15, 0.2) is 0 Å². The van der Waals surface area contributed by atoms with E-state index in [-0.39, 0.29) is 5.91 Å². The smallest absolute Gasteiger partial charge is 0.254 e. The number of hydrogen-bond donors (Lipinski definition) is 1. The minimum absolute atomic E-state index is 0.102. The second kappa shape index (κ2) is 7.02. The van der Waals surface area contributed by atoms with E-state index in [4.69, 9.17) is 5.73 Å². The molecule has 1 aromatic carbocycles. The van der Waals surface area contributed by atoms with Gasteiger partial charge in [0.05, 0.1) is 4.90 Å². The van der Waals surface area contributed by atoms with Gasteiger partial charge in [-0.15, -0.1) is 11.3 Å². The summed E-state index contributed by atoms with van der Waals surface area (Å²) in [6, 6.07) is 6.99. The zero-order valence-electron chi connectivity index (χ0n) is 15.2. The van der Waals surface area contributed by atoms with Gasteiger partial charge in [0.25, 0.3) is 5.91 Å². The molecule has 0 aliphatic carbocycles. The first-order valence-electron chi connectivity index (χ1n) is 8.42. The molecule has 0 unspecified atom stereocenters. The van der Waals surface area contributed by atoms with Crippen LogP contribution in [0.1, 0.15) is 25.7 Å². The number of anilines is 1. The fourth-order valence-corrected chi connectivity index (χ4v) is 6.12. The fraction of sp³-hybridized carbons (Fsp3) is 0.389. The molecule has 1 aliphatic rings. The molecule has 0 saturated carbocycles. The van der Waals surface area contributed by atoms with Crippen LogP contribution in [0.2, 0.25) is 0 Å². The molecule has 2 N–H and O–H groups in total. The molecule has 3 rings (SSSR count). The molecule has 2 heterocycles. The van der Waals surface area contributed by atoms with Crippen molar-refractivity contribution in [2.24, 2.45) is 0 Å². The van der Waals surface area contributed by atoms with Gasteiger partial charge in [-0.3, -0.25) is 4.79 Å². The van der Waals surface area contributed by atoms with Crippen LogP contribution < -0.4 is 5.73 Å². The third-order valence-electron chi connectivity index (χ3n) is 4.63. The highest BCUT2D eigenvalue weighted by molar-refractivity contribution is 7.89. The van der Waals surface area contributed by atoms with E-state index >= 15 is 0 Å². The summed E-state index contributed by atoms with van der Waals surface area (Å²) < 4.78 is 27.2. The summed E-state index contributed by atoms with van der Waals surface area (Å²) >= 11 is 1.48. The van der Waals surface area contributed by atoms with Gasteiger partial charge in [-0.05, 0) is 44.5 Å². The van der Waals surface area contributed by atoms with Crippen LogP contribution in [0.15, 0.2) is 29.2 Å². The van der Waals surface area contributed by atoms with Crippen LogP contribution in [-0.2, 0) is 10.0 Å². The topological polar surface area (TPSA) is 83.7 Å². The number of benzene rings is 1. The maximum atomic E-state index is 12.9. The molecule has 0 bridgehead atoms. The standard InChI is InChI=1S/C18H23N3O3S2/c1-12-4-5-15(19)11-16(12)18(22)20-6-8-21(9-7-20)26(23,24)17-10-13(2)25-14(17)3/h4-5,10-11H,6-9,19H2,1-3H3. The summed E-state index contributed by atoms with van der Waals surface area (Å²) in [6.07, 6.45) is 0. The van der Waals surface area contributed by atoms with Crippen molar-refractivity contribution < 1.29 is 13.2 Å². The van der Waals surface area contributed by atoms with E-state index in [2.05, 4.69) is 0 Å². The van der Waals surface area contributed by atoms with Crippen LogP contribution in [0.4, 0.5) is 5.69 Å². The average Bonchev–Trinajstić information content (AvgIpc) is 2.95. The highest BCUT2D eigenvalue weighted by Gasteiger charge is 2.32. The van der Waals surface area contributed by atoms with Gasteiger partial charge in [-0.25, -0.2) is 8.42 Å². The molecule has 6 nitrogen and oxygen atoms in total. The van der Waals surface area contributed by atoms with Crippen molar-refractivity contribution in [2.45, 2.75) is 25.7 Å². The Morgan fingerprint density at radius 2 is 1.73 bits per heavy atom. The molecular formula is C18H23N3O3S2. The minimum Gasteiger partial charge on any atom is -0.399 e. The Morgan fingerprint density at radius 3 is 2.31 bits per heavy atom. The molecule has 1 saturated heterocycles. The number of rotatable bonds is 3. The molecule has 26 heavy (non-hydrogen) atoms. The molecule has 1 amide bonds. The summed E-state index contributed by atoms with van der Waals surface area (Å²) in [6.45, 7) is 6.93. The highest BCUT2D eigenvalue weighted by Crippen LogP contribution is 2.28. The Kier molecular flexibility index (Phi) is 5.09. The van der Waals surface area contributed by atoms with Crippen molar-refractivity contribution in [1.29, 1.82) is 0 Å². The molecule has 1 fully saturated rings. The number of hydrogen-bond acceptors (Lipinski definition) is 5. The zero-order valence-corrected chi connectivity index (χ0v) is 16.8. The first-order valence-corrected chi connectivity index (χ1v) is 10.7. The lowest BCUT2D eigenvalue weighted by atomic mass is 10.1. The Balaban J connectivity index is 1.74. The summed E-state index contributed by atoms with van der Waals surface area (Å²) in [5, 5.41) is 0.